The van der Waals surface area contributed by atoms with E-state index in [1.54, 1.807) is 27.8 Å². The summed E-state index contributed by atoms with van der Waals surface area (Å²) in [5.41, 5.74) is 1.26. The van der Waals surface area contributed by atoms with E-state index in [0.717, 1.165) is 12.1 Å². The molecule has 2 heterocycles. The van der Waals surface area contributed by atoms with Crippen LogP contribution in [0.2, 0.25) is 0 Å². The molecule has 2 rings (SSSR count). The summed E-state index contributed by atoms with van der Waals surface area (Å²) >= 11 is 0. The lowest BCUT2D eigenvalue weighted by atomic mass is 9.92. The van der Waals surface area contributed by atoms with Gasteiger partial charge >= 0.3 is 0 Å². The lowest BCUT2D eigenvalue weighted by molar-refractivity contribution is -0.140. The number of nitrogens with zero attached hydrogens (tertiary/aromatic N) is 4. The summed E-state index contributed by atoms with van der Waals surface area (Å²) in [6.07, 6.45) is 3.52. The van der Waals surface area contributed by atoms with Crippen molar-refractivity contribution in [1.82, 2.24) is 19.8 Å². The number of aryl methyl sites for hydroxylation is 1. The molecule has 6 heteroatoms. The Morgan fingerprint density at radius 3 is 2.52 bits per heavy atom. The van der Waals surface area contributed by atoms with Crippen LogP contribution in [0.15, 0.2) is 18.7 Å². The standard InChI is InChI=1S/C17H26N4O2/c1-6-7-9-15(22)20-10-8-11-21(20)16(23)13-12-14(17(2,3)4)18-19(13)5/h6,12H,1,7-11H2,2-5H3. The van der Waals surface area contributed by atoms with Crippen LogP contribution < -0.4 is 0 Å². The Hall–Kier alpha value is -2.11. The van der Waals surface area contributed by atoms with Gasteiger partial charge in [0, 0.05) is 32.0 Å². The maximum Gasteiger partial charge on any atom is 0.290 e. The first-order valence-electron chi connectivity index (χ1n) is 8.03. The molecular formula is C17H26N4O2. The van der Waals surface area contributed by atoms with Gasteiger partial charge in [-0.25, -0.2) is 5.01 Å². The van der Waals surface area contributed by atoms with Crippen LogP contribution in [0, 0.1) is 0 Å². The van der Waals surface area contributed by atoms with E-state index in [0.29, 0.717) is 31.6 Å². The molecular weight excluding hydrogens is 292 g/mol. The number of allylic oxidation sites excluding steroid dienone is 1. The normalized spacial score (nSPS) is 15.1. The van der Waals surface area contributed by atoms with Crippen LogP contribution in [-0.2, 0) is 17.3 Å². The number of rotatable bonds is 4. The van der Waals surface area contributed by atoms with Crippen molar-refractivity contribution in [2.45, 2.75) is 45.4 Å². The molecule has 0 N–H and O–H groups in total. The first-order valence-corrected chi connectivity index (χ1v) is 8.03. The Labute approximate surface area is 137 Å². The van der Waals surface area contributed by atoms with Gasteiger partial charge in [0.2, 0.25) is 5.91 Å². The fourth-order valence-corrected chi connectivity index (χ4v) is 2.60. The highest BCUT2D eigenvalue weighted by Gasteiger charge is 2.33. The summed E-state index contributed by atoms with van der Waals surface area (Å²) < 4.78 is 1.60. The van der Waals surface area contributed by atoms with Gasteiger partial charge < -0.3 is 0 Å². The minimum Gasteiger partial charge on any atom is -0.273 e. The van der Waals surface area contributed by atoms with Crippen LogP contribution >= 0.6 is 0 Å². The highest BCUT2D eigenvalue weighted by Crippen LogP contribution is 2.23. The first kappa shape index (κ1) is 17.2. The van der Waals surface area contributed by atoms with E-state index in [1.165, 1.54) is 0 Å². The van der Waals surface area contributed by atoms with Crippen molar-refractivity contribution < 1.29 is 9.59 Å². The van der Waals surface area contributed by atoms with Gasteiger partial charge in [0.25, 0.3) is 5.91 Å². The second-order valence-corrected chi connectivity index (χ2v) is 6.91. The van der Waals surface area contributed by atoms with E-state index in [2.05, 4.69) is 32.4 Å². The minimum absolute atomic E-state index is 0.0334. The molecule has 0 aliphatic carbocycles. The van der Waals surface area contributed by atoms with Gasteiger partial charge in [0.1, 0.15) is 5.69 Å². The average molecular weight is 318 g/mol. The fraction of sp³-hybridized carbons (Fsp3) is 0.588. The van der Waals surface area contributed by atoms with Crippen molar-refractivity contribution in [2.24, 2.45) is 7.05 Å². The third-order valence-electron chi connectivity index (χ3n) is 3.98. The number of hydrogen-bond donors (Lipinski definition) is 0. The summed E-state index contributed by atoms with van der Waals surface area (Å²) in [6, 6.07) is 1.83. The van der Waals surface area contributed by atoms with Crippen molar-refractivity contribution in [2.75, 3.05) is 13.1 Å². The summed E-state index contributed by atoms with van der Waals surface area (Å²) in [7, 11) is 1.77. The summed E-state index contributed by atoms with van der Waals surface area (Å²) in [5, 5.41) is 7.56. The third kappa shape index (κ3) is 3.63. The Bertz CT molecular complexity index is 613. The van der Waals surface area contributed by atoms with Crippen LogP contribution in [0.5, 0.6) is 0 Å². The van der Waals surface area contributed by atoms with Crippen LogP contribution in [0.1, 0.15) is 56.2 Å². The van der Waals surface area contributed by atoms with E-state index in [9.17, 15) is 9.59 Å². The van der Waals surface area contributed by atoms with E-state index >= 15 is 0 Å². The molecule has 0 saturated carbocycles. The number of amides is 2. The number of carbonyl (C=O) groups is 2. The lowest BCUT2D eigenvalue weighted by Gasteiger charge is -2.27. The molecule has 126 valence electrons. The Kier molecular flexibility index (Phi) is 4.92. The van der Waals surface area contributed by atoms with E-state index in [4.69, 9.17) is 0 Å². The van der Waals surface area contributed by atoms with E-state index in [-0.39, 0.29) is 17.2 Å². The largest absolute Gasteiger partial charge is 0.290 e. The monoisotopic (exact) mass is 318 g/mol. The molecule has 0 aromatic carbocycles. The smallest absolute Gasteiger partial charge is 0.273 e. The molecule has 0 atom stereocenters. The van der Waals surface area contributed by atoms with Crippen molar-refractivity contribution in [3.8, 4) is 0 Å². The Morgan fingerprint density at radius 2 is 1.96 bits per heavy atom. The number of carbonyl (C=O) groups excluding carboxylic acids is 2. The molecule has 1 fully saturated rings. The number of hydrogen-bond acceptors (Lipinski definition) is 3. The van der Waals surface area contributed by atoms with Gasteiger partial charge in [-0.15, -0.1) is 6.58 Å². The number of hydrazine groups is 1. The van der Waals surface area contributed by atoms with Crippen molar-refractivity contribution in [3.63, 3.8) is 0 Å². The van der Waals surface area contributed by atoms with Crippen LogP contribution in [0.3, 0.4) is 0 Å². The fourth-order valence-electron chi connectivity index (χ4n) is 2.60. The van der Waals surface area contributed by atoms with Gasteiger partial charge in [-0.2, -0.15) is 5.10 Å². The van der Waals surface area contributed by atoms with Gasteiger partial charge in [-0.3, -0.25) is 19.3 Å². The van der Waals surface area contributed by atoms with Crippen LogP contribution in [0.25, 0.3) is 0 Å². The molecule has 0 unspecified atom stereocenters. The SMILES string of the molecule is C=CCCC(=O)N1CCCN1C(=O)c1cc(C(C)(C)C)nn1C. The molecule has 0 bridgehead atoms. The van der Waals surface area contributed by atoms with E-state index < -0.39 is 0 Å². The van der Waals surface area contributed by atoms with Crippen molar-refractivity contribution in [3.05, 3.63) is 30.1 Å². The average Bonchev–Trinajstić information content (AvgIpc) is 3.10. The summed E-state index contributed by atoms with van der Waals surface area (Å²) in [4.78, 5) is 25.1. The zero-order chi connectivity index (χ0) is 17.2. The lowest BCUT2D eigenvalue weighted by Crippen LogP contribution is -2.45. The summed E-state index contributed by atoms with van der Waals surface area (Å²) in [6.45, 7) is 11.0. The first-order chi connectivity index (χ1) is 10.8. The zero-order valence-corrected chi connectivity index (χ0v) is 14.5. The van der Waals surface area contributed by atoms with Crippen molar-refractivity contribution in [1.29, 1.82) is 0 Å². The molecule has 0 radical (unpaired) electrons. The Balaban J connectivity index is 2.20. The van der Waals surface area contributed by atoms with Gasteiger partial charge in [0.05, 0.1) is 5.69 Å². The topological polar surface area (TPSA) is 58.4 Å². The highest BCUT2D eigenvalue weighted by atomic mass is 16.2. The van der Waals surface area contributed by atoms with Gasteiger partial charge in [0.15, 0.2) is 0 Å². The maximum atomic E-state index is 12.8. The second-order valence-electron chi connectivity index (χ2n) is 6.91. The van der Waals surface area contributed by atoms with Gasteiger partial charge in [-0.05, 0) is 18.9 Å². The maximum absolute atomic E-state index is 12.8. The molecule has 1 aliphatic rings. The predicted octanol–water partition coefficient (Wildman–Crippen LogP) is 2.27. The minimum atomic E-state index is -0.167. The molecule has 1 aliphatic heterocycles. The van der Waals surface area contributed by atoms with Crippen LogP contribution in [-0.4, -0.2) is 44.7 Å². The Morgan fingerprint density at radius 1 is 1.30 bits per heavy atom. The third-order valence-corrected chi connectivity index (χ3v) is 3.98. The van der Waals surface area contributed by atoms with Gasteiger partial charge in [-0.1, -0.05) is 26.8 Å². The quantitative estimate of drug-likeness (QED) is 0.800. The molecule has 1 aromatic rings. The highest BCUT2D eigenvalue weighted by molar-refractivity contribution is 5.94. The molecule has 1 saturated heterocycles. The molecule has 2 amide bonds. The van der Waals surface area contributed by atoms with Crippen molar-refractivity contribution >= 4 is 11.8 Å². The second kappa shape index (κ2) is 6.56. The molecule has 6 nitrogen and oxygen atoms in total. The predicted molar refractivity (Wildman–Crippen MR) is 88.7 cm³/mol. The number of aromatic nitrogens is 2. The van der Waals surface area contributed by atoms with E-state index in [1.807, 2.05) is 6.07 Å². The summed E-state index contributed by atoms with van der Waals surface area (Å²) in [5.74, 6) is -0.200. The molecule has 0 spiro atoms. The van der Waals surface area contributed by atoms with Crippen LogP contribution in [0.4, 0.5) is 0 Å². The molecule has 23 heavy (non-hydrogen) atoms. The molecule has 1 aromatic heterocycles. The zero-order valence-electron chi connectivity index (χ0n) is 14.5.